The molecule has 0 amide bonds. The molecule has 0 saturated heterocycles. The Morgan fingerprint density at radius 1 is 1.43 bits per heavy atom. The van der Waals surface area contributed by atoms with Crippen LogP contribution in [-0.2, 0) is 9.53 Å². The summed E-state index contributed by atoms with van der Waals surface area (Å²) in [5.41, 5.74) is 0.413. The average Bonchev–Trinajstić information content (AvgIpc) is 2.46. The fourth-order valence-electron chi connectivity index (χ4n) is 1.96. The van der Waals surface area contributed by atoms with E-state index in [2.05, 4.69) is 4.74 Å². The van der Waals surface area contributed by atoms with Crippen molar-refractivity contribution in [2.75, 3.05) is 32.2 Å². The predicted octanol–water partition coefficient (Wildman–Crippen LogP) is 2.38. The third-order valence-electron chi connectivity index (χ3n) is 2.97. The normalized spacial score (nSPS) is 10.0. The topological polar surface area (TPSA) is 81.9 Å². The van der Waals surface area contributed by atoms with Crippen molar-refractivity contribution in [3.63, 3.8) is 0 Å². The van der Waals surface area contributed by atoms with E-state index in [0.717, 1.165) is 0 Å². The van der Waals surface area contributed by atoms with E-state index in [1.807, 2.05) is 0 Å². The summed E-state index contributed by atoms with van der Waals surface area (Å²) in [7, 11) is 3.08. The third-order valence-corrected chi connectivity index (χ3v) is 2.97. The first kappa shape index (κ1) is 16.7. The zero-order valence-electron chi connectivity index (χ0n) is 12.5. The monoisotopic (exact) mass is 296 g/mol. The maximum atomic E-state index is 11.3. The van der Waals surface area contributed by atoms with Crippen molar-refractivity contribution in [1.29, 1.82) is 0 Å². The van der Waals surface area contributed by atoms with Gasteiger partial charge in [-0.05, 0) is 25.5 Å². The molecule has 0 radical (unpaired) electrons. The molecule has 0 fully saturated rings. The Labute approximate surface area is 123 Å². The third kappa shape index (κ3) is 4.62. The zero-order chi connectivity index (χ0) is 15.8. The van der Waals surface area contributed by atoms with Crippen molar-refractivity contribution in [1.82, 2.24) is 0 Å². The Hall–Kier alpha value is -2.31. The first-order chi connectivity index (χ1) is 10.0. The molecule has 1 aromatic carbocycles. The number of carbonyl (C=O) groups excluding carboxylic acids is 1. The second-order valence-electron chi connectivity index (χ2n) is 4.42. The molecule has 0 atom stereocenters. The lowest BCUT2D eigenvalue weighted by Crippen LogP contribution is -2.20. The molecule has 0 aliphatic heterocycles. The van der Waals surface area contributed by atoms with Crippen LogP contribution in [0.1, 0.15) is 19.8 Å². The molecule has 0 bridgehead atoms. The summed E-state index contributed by atoms with van der Waals surface area (Å²) in [6.45, 7) is 2.64. The zero-order valence-corrected chi connectivity index (χ0v) is 12.5. The van der Waals surface area contributed by atoms with Crippen molar-refractivity contribution >= 4 is 17.3 Å². The molecule has 0 unspecified atom stereocenters. The highest BCUT2D eigenvalue weighted by Gasteiger charge is 2.23. The number of hydrogen-bond donors (Lipinski definition) is 0. The molecule has 7 heteroatoms. The molecule has 7 nitrogen and oxygen atoms in total. The number of anilines is 1. The van der Waals surface area contributed by atoms with E-state index < -0.39 is 4.92 Å². The van der Waals surface area contributed by atoms with Crippen LogP contribution in [0, 0.1) is 10.1 Å². The smallest absolute Gasteiger partial charge is 0.333 e. The van der Waals surface area contributed by atoms with Gasteiger partial charge >= 0.3 is 11.7 Å². The number of methoxy groups -OCH3 is 1. The molecule has 0 aliphatic carbocycles. The SMILES string of the molecule is CCOc1cccc(N(C)CCCC(=O)OC)c1[N+](=O)[O-]. The summed E-state index contributed by atoms with van der Waals surface area (Å²) >= 11 is 0. The molecule has 21 heavy (non-hydrogen) atoms. The van der Waals surface area contributed by atoms with Crippen molar-refractivity contribution in [2.45, 2.75) is 19.8 Å². The number of ether oxygens (including phenoxy) is 2. The molecular formula is C14H20N2O5. The standard InChI is InChI=1S/C14H20N2O5/c1-4-21-12-8-5-7-11(14(12)16(18)19)15(2)10-6-9-13(17)20-3/h5,7-8H,4,6,9-10H2,1-3H3. The lowest BCUT2D eigenvalue weighted by atomic mass is 10.2. The van der Waals surface area contributed by atoms with Gasteiger partial charge in [0.2, 0.25) is 0 Å². The van der Waals surface area contributed by atoms with Crippen LogP contribution < -0.4 is 9.64 Å². The molecule has 0 aliphatic rings. The number of nitro benzene ring substituents is 1. The second-order valence-corrected chi connectivity index (χ2v) is 4.42. The minimum absolute atomic E-state index is 0.0556. The Morgan fingerprint density at radius 3 is 2.71 bits per heavy atom. The number of rotatable bonds is 8. The van der Waals surface area contributed by atoms with Gasteiger partial charge in [0.25, 0.3) is 0 Å². The summed E-state index contributed by atoms with van der Waals surface area (Å²) in [5.74, 6) is -0.0409. The number of hydrogen-bond acceptors (Lipinski definition) is 6. The Bertz CT molecular complexity index is 504. The van der Waals surface area contributed by atoms with Gasteiger partial charge in [-0.3, -0.25) is 14.9 Å². The highest BCUT2D eigenvalue weighted by Crippen LogP contribution is 2.36. The first-order valence-electron chi connectivity index (χ1n) is 6.69. The van der Waals surface area contributed by atoms with Gasteiger partial charge in [-0.25, -0.2) is 0 Å². The number of benzene rings is 1. The molecule has 1 rings (SSSR count). The van der Waals surface area contributed by atoms with Gasteiger partial charge in [-0.1, -0.05) is 6.07 Å². The molecule has 0 aromatic heterocycles. The number of nitro groups is 1. The van der Waals surface area contributed by atoms with E-state index in [-0.39, 0.29) is 23.8 Å². The Morgan fingerprint density at radius 2 is 2.14 bits per heavy atom. The van der Waals surface area contributed by atoms with Crippen LogP contribution in [0.15, 0.2) is 18.2 Å². The molecule has 0 spiro atoms. The minimum atomic E-state index is -0.447. The van der Waals surface area contributed by atoms with Crippen LogP contribution in [0.5, 0.6) is 5.75 Å². The van der Waals surface area contributed by atoms with Crippen molar-refractivity contribution < 1.29 is 19.2 Å². The predicted molar refractivity (Wildman–Crippen MR) is 78.8 cm³/mol. The maximum Gasteiger partial charge on any atom is 0.333 e. The van der Waals surface area contributed by atoms with Crippen molar-refractivity contribution in [3.8, 4) is 5.75 Å². The lowest BCUT2D eigenvalue weighted by Gasteiger charge is -2.19. The molecular weight excluding hydrogens is 276 g/mol. The first-order valence-corrected chi connectivity index (χ1v) is 6.69. The van der Waals surface area contributed by atoms with E-state index in [0.29, 0.717) is 25.3 Å². The summed E-state index contributed by atoms with van der Waals surface area (Å²) in [6.07, 6.45) is 0.832. The number of carbonyl (C=O) groups is 1. The second kappa shape index (κ2) is 8.08. The van der Waals surface area contributed by atoms with E-state index >= 15 is 0 Å². The summed E-state index contributed by atoms with van der Waals surface area (Å²) in [5, 5.41) is 11.3. The van der Waals surface area contributed by atoms with Gasteiger partial charge in [0, 0.05) is 20.0 Å². The van der Waals surface area contributed by atoms with Gasteiger partial charge in [0.05, 0.1) is 18.6 Å². The van der Waals surface area contributed by atoms with E-state index in [1.165, 1.54) is 7.11 Å². The largest absolute Gasteiger partial charge is 0.487 e. The van der Waals surface area contributed by atoms with Gasteiger partial charge in [0.15, 0.2) is 5.75 Å². The fourth-order valence-corrected chi connectivity index (χ4v) is 1.96. The van der Waals surface area contributed by atoms with E-state index in [9.17, 15) is 14.9 Å². The van der Waals surface area contributed by atoms with Gasteiger partial charge in [-0.2, -0.15) is 0 Å². The van der Waals surface area contributed by atoms with Crippen LogP contribution in [0.25, 0.3) is 0 Å². The summed E-state index contributed by atoms with van der Waals surface area (Å²) in [4.78, 5) is 23.6. The van der Waals surface area contributed by atoms with Crippen molar-refractivity contribution in [3.05, 3.63) is 28.3 Å². The maximum absolute atomic E-state index is 11.3. The van der Waals surface area contributed by atoms with Crippen molar-refractivity contribution in [2.24, 2.45) is 0 Å². The van der Waals surface area contributed by atoms with Gasteiger partial charge < -0.3 is 14.4 Å². The molecule has 1 aromatic rings. The van der Waals surface area contributed by atoms with Crippen LogP contribution in [0.3, 0.4) is 0 Å². The number of para-hydroxylation sites is 1. The minimum Gasteiger partial charge on any atom is -0.487 e. The Balaban J connectivity index is 2.87. The van der Waals surface area contributed by atoms with Gasteiger partial charge in [0.1, 0.15) is 5.69 Å². The van der Waals surface area contributed by atoms with Crippen LogP contribution >= 0.6 is 0 Å². The summed E-state index contributed by atoms with van der Waals surface area (Å²) in [6, 6.07) is 4.95. The van der Waals surface area contributed by atoms with E-state index in [1.54, 1.807) is 37.1 Å². The van der Waals surface area contributed by atoms with Gasteiger partial charge in [-0.15, -0.1) is 0 Å². The quantitative estimate of drug-likeness (QED) is 0.416. The number of esters is 1. The fraction of sp³-hybridized carbons (Fsp3) is 0.500. The van der Waals surface area contributed by atoms with Crippen LogP contribution in [0.2, 0.25) is 0 Å². The van der Waals surface area contributed by atoms with Crippen LogP contribution in [0.4, 0.5) is 11.4 Å². The highest BCUT2D eigenvalue weighted by molar-refractivity contribution is 5.70. The summed E-state index contributed by atoms with van der Waals surface area (Å²) < 4.78 is 9.87. The lowest BCUT2D eigenvalue weighted by molar-refractivity contribution is -0.385. The average molecular weight is 296 g/mol. The molecule has 0 N–H and O–H groups in total. The highest BCUT2D eigenvalue weighted by atomic mass is 16.6. The van der Waals surface area contributed by atoms with Crippen LogP contribution in [-0.4, -0.2) is 38.2 Å². The number of nitrogens with zero attached hydrogens (tertiary/aromatic N) is 2. The molecule has 0 heterocycles. The Kier molecular flexibility index (Phi) is 6.45. The molecule has 116 valence electrons. The molecule has 0 saturated carbocycles. The van der Waals surface area contributed by atoms with E-state index in [4.69, 9.17) is 4.74 Å².